The van der Waals surface area contributed by atoms with Gasteiger partial charge < -0.3 is 4.90 Å². The summed E-state index contributed by atoms with van der Waals surface area (Å²) >= 11 is 1.83. The van der Waals surface area contributed by atoms with Gasteiger partial charge >= 0.3 is 0 Å². The van der Waals surface area contributed by atoms with Crippen LogP contribution in [0.3, 0.4) is 0 Å². The Morgan fingerprint density at radius 1 is 1.13 bits per heavy atom. The Balaban J connectivity index is 1.72. The quantitative estimate of drug-likeness (QED) is 0.782. The van der Waals surface area contributed by atoms with Crippen LogP contribution in [-0.4, -0.2) is 17.4 Å². The minimum Gasteiger partial charge on any atom is -0.331 e. The number of benzene rings is 1. The van der Waals surface area contributed by atoms with E-state index in [-0.39, 0.29) is 12.0 Å². The fraction of sp³-hybridized carbons (Fsp3) is 0.450. The second kappa shape index (κ2) is 6.12. The molecule has 1 aliphatic carbocycles. The Hall–Kier alpha value is -1.61. The van der Waals surface area contributed by atoms with Gasteiger partial charge in [0.25, 0.3) is 0 Å². The monoisotopic (exact) mass is 325 g/mol. The number of aryl methyl sites for hydroxylation is 1. The van der Waals surface area contributed by atoms with Crippen LogP contribution in [0.15, 0.2) is 35.7 Å². The van der Waals surface area contributed by atoms with Gasteiger partial charge in [-0.1, -0.05) is 42.7 Å². The molecule has 2 nitrogen and oxygen atoms in total. The molecule has 0 saturated heterocycles. The third-order valence-corrected chi connectivity index (χ3v) is 6.34. The van der Waals surface area contributed by atoms with Crippen molar-refractivity contribution in [2.24, 2.45) is 5.92 Å². The van der Waals surface area contributed by atoms with Gasteiger partial charge in [-0.15, -0.1) is 11.3 Å². The number of carbonyl (C=O) groups excluding carboxylic acids is 1. The lowest BCUT2D eigenvalue weighted by Gasteiger charge is -2.38. The topological polar surface area (TPSA) is 20.3 Å². The smallest absolute Gasteiger partial charge is 0.226 e. The van der Waals surface area contributed by atoms with Crippen LogP contribution in [0, 0.1) is 12.8 Å². The van der Waals surface area contributed by atoms with E-state index in [0.29, 0.717) is 5.91 Å². The van der Waals surface area contributed by atoms with Gasteiger partial charge in [0.05, 0.1) is 6.04 Å². The van der Waals surface area contributed by atoms with Crippen molar-refractivity contribution in [2.45, 2.75) is 45.1 Å². The third kappa shape index (κ3) is 2.72. The van der Waals surface area contributed by atoms with Crippen LogP contribution >= 0.6 is 11.3 Å². The SMILES string of the molecule is Cc1ccc([C@@H]2c3ccsc3CCN2C(=O)C2CCCC2)cc1. The molecule has 1 aromatic heterocycles. The van der Waals surface area contributed by atoms with E-state index >= 15 is 0 Å². The molecular weight excluding hydrogens is 302 g/mol. The maximum atomic E-state index is 13.1. The Morgan fingerprint density at radius 2 is 1.87 bits per heavy atom. The van der Waals surface area contributed by atoms with E-state index in [0.717, 1.165) is 25.8 Å². The first-order chi connectivity index (χ1) is 11.2. The average molecular weight is 325 g/mol. The van der Waals surface area contributed by atoms with Gasteiger partial charge in [-0.2, -0.15) is 0 Å². The molecule has 23 heavy (non-hydrogen) atoms. The highest BCUT2D eigenvalue weighted by molar-refractivity contribution is 7.10. The van der Waals surface area contributed by atoms with Crippen LogP contribution in [0.2, 0.25) is 0 Å². The summed E-state index contributed by atoms with van der Waals surface area (Å²) in [5.41, 5.74) is 3.86. The van der Waals surface area contributed by atoms with Crippen molar-refractivity contribution in [1.82, 2.24) is 4.90 Å². The maximum Gasteiger partial charge on any atom is 0.226 e. The summed E-state index contributed by atoms with van der Waals surface area (Å²) in [5.74, 6) is 0.632. The van der Waals surface area contributed by atoms with Crippen molar-refractivity contribution in [3.05, 3.63) is 57.3 Å². The molecule has 1 saturated carbocycles. The van der Waals surface area contributed by atoms with E-state index in [2.05, 4.69) is 47.5 Å². The average Bonchev–Trinajstić information content (AvgIpc) is 3.25. The highest BCUT2D eigenvalue weighted by Gasteiger charge is 2.36. The van der Waals surface area contributed by atoms with Gasteiger partial charge in [-0.3, -0.25) is 4.79 Å². The molecule has 120 valence electrons. The number of hydrogen-bond acceptors (Lipinski definition) is 2. The van der Waals surface area contributed by atoms with Gasteiger partial charge in [-0.25, -0.2) is 0 Å². The van der Waals surface area contributed by atoms with Crippen LogP contribution in [0.25, 0.3) is 0 Å². The van der Waals surface area contributed by atoms with Crippen LogP contribution in [0.5, 0.6) is 0 Å². The highest BCUT2D eigenvalue weighted by Crippen LogP contribution is 2.40. The molecule has 1 aromatic carbocycles. The standard InChI is InChI=1S/C20H23NOS/c1-14-6-8-15(9-7-14)19-17-11-13-23-18(17)10-12-21(19)20(22)16-4-2-3-5-16/h6-9,11,13,16,19H,2-5,10,12H2,1H3/t19-/m1/s1. The van der Waals surface area contributed by atoms with Crippen molar-refractivity contribution in [3.8, 4) is 0 Å². The van der Waals surface area contributed by atoms with Crippen molar-refractivity contribution < 1.29 is 4.79 Å². The van der Waals surface area contributed by atoms with Crippen molar-refractivity contribution in [2.75, 3.05) is 6.54 Å². The van der Waals surface area contributed by atoms with E-state index in [1.165, 1.54) is 34.4 Å². The van der Waals surface area contributed by atoms with Crippen LogP contribution in [-0.2, 0) is 11.2 Å². The zero-order valence-electron chi connectivity index (χ0n) is 13.6. The van der Waals surface area contributed by atoms with Crippen LogP contribution in [0.4, 0.5) is 0 Å². The number of fused-ring (bicyclic) bond motifs is 1. The molecule has 2 heterocycles. The number of carbonyl (C=O) groups is 1. The summed E-state index contributed by atoms with van der Waals surface area (Å²) in [4.78, 5) is 16.7. The molecule has 1 atom stereocenters. The van der Waals surface area contributed by atoms with Gasteiger partial charge in [-0.05, 0) is 48.8 Å². The fourth-order valence-electron chi connectivity index (χ4n) is 4.07. The third-order valence-electron chi connectivity index (χ3n) is 5.35. The normalized spacial score (nSPS) is 21.4. The van der Waals surface area contributed by atoms with Crippen LogP contribution in [0.1, 0.15) is 53.3 Å². The number of rotatable bonds is 2. The molecule has 2 aromatic rings. The molecule has 0 spiro atoms. The first-order valence-electron chi connectivity index (χ1n) is 8.67. The first kappa shape index (κ1) is 14.9. The summed E-state index contributed by atoms with van der Waals surface area (Å²) in [6, 6.07) is 11.0. The number of thiophene rings is 1. The van der Waals surface area contributed by atoms with Crippen molar-refractivity contribution in [3.63, 3.8) is 0 Å². The minimum atomic E-state index is 0.110. The molecule has 0 bridgehead atoms. The van der Waals surface area contributed by atoms with Crippen LogP contribution < -0.4 is 0 Å². The lowest BCUT2D eigenvalue weighted by atomic mass is 9.91. The predicted molar refractivity (Wildman–Crippen MR) is 94.7 cm³/mol. The molecule has 0 unspecified atom stereocenters. The van der Waals surface area contributed by atoms with E-state index in [4.69, 9.17) is 0 Å². The Morgan fingerprint density at radius 3 is 2.61 bits per heavy atom. The highest BCUT2D eigenvalue weighted by atomic mass is 32.1. The molecule has 1 amide bonds. The number of amides is 1. The second-order valence-corrected chi connectivity index (χ2v) is 7.88. The summed E-state index contributed by atoms with van der Waals surface area (Å²) in [5, 5.41) is 2.18. The number of hydrogen-bond donors (Lipinski definition) is 0. The molecule has 4 rings (SSSR count). The maximum absolute atomic E-state index is 13.1. The number of nitrogens with zero attached hydrogens (tertiary/aromatic N) is 1. The summed E-state index contributed by atoms with van der Waals surface area (Å²) in [7, 11) is 0. The van der Waals surface area contributed by atoms with E-state index in [9.17, 15) is 4.79 Å². The van der Waals surface area contributed by atoms with Crippen molar-refractivity contribution >= 4 is 17.2 Å². The first-order valence-corrected chi connectivity index (χ1v) is 9.55. The summed E-state index contributed by atoms with van der Waals surface area (Å²) in [6.07, 6.45) is 5.58. The molecule has 1 fully saturated rings. The largest absolute Gasteiger partial charge is 0.331 e. The molecule has 3 heteroatoms. The van der Waals surface area contributed by atoms with Gasteiger partial charge in [0.15, 0.2) is 0 Å². The van der Waals surface area contributed by atoms with Gasteiger partial charge in [0, 0.05) is 17.3 Å². The second-order valence-electron chi connectivity index (χ2n) is 6.88. The molecule has 0 radical (unpaired) electrons. The summed E-state index contributed by atoms with van der Waals surface area (Å²) in [6.45, 7) is 2.98. The van der Waals surface area contributed by atoms with Crippen molar-refractivity contribution in [1.29, 1.82) is 0 Å². The zero-order chi connectivity index (χ0) is 15.8. The minimum absolute atomic E-state index is 0.110. The Labute approximate surface area is 142 Å². The molecular formula is C20H23NOS. The summed E-state index contributed by atoms with van der Waals surface area (Å²) < 4.78 is 0. The molecule has 2 aliphatic rings. The lowest BCUT2D eigenvalue weighted by molar-refractivity contribution is -0.137. The fourth-order valence-corrected chi connectivity index (χ4v) is 4.97. The molecule has 0 N–H and O–H groups in total. The van der Waals surface area contributed by atoms with E-state index in [1.807, 2.05) is 11.3 Å². The van der Waals surface area contributed by atoms with E-state index < -0.39 is 0 Å². The van der Waals surface area contributed by atoms with Gasteiger partial charge in [0.1, 0.15) is 0 Å². The lowest BCUT2D eigenvalue weighted by Crippen LogP contribution is -2.42. The van der Waals surface area contributed by atoms with Gasteiger partial charge in [0.2, 0.25) is 5.91 Å². The zero-order valence-corrected chi connectivity index (χ0v) is 14.4. The van der Waals surface area contributed by atoms with E-state index in [1.54, 1.807) is 0 Å². The molecule has 1 aliphatic heterocycles. The Kier molecular flexibility index (Phi) is 3.98. The Bertz CT molecular complexity index is 697. The predicted octanol–water partition coefficient (Wildman–Crippen LogP) is 4.72.